The van der Waals surface area contributed by atoms with E-state index in [1.54, 1.807) is 24.6 Å². The van der Waals surface area contributed by atoms with Crippen molar-refractivity contribution in [3.05, 3.63) is 34.8 Å². The van der Waals surface area contributed by atoms with E-state index >= 15 is 0 Å². The zero-order valence-corrected chi connectivity index (χ0v) is 9.25. The maximum atomic E-state index is 5.57. The number of rotatable bonds is 3. The Bertz CT molecular complexity index is 453. The van der Waals surface area contributed by atoms with E-state index in [0.29, 0.717) is 6.54 Å². The third-order valence-electron chi connectivity index (χ3n) is 2.14. The third-order valence-corrected chi connectivity index (χ3v) is 3.10. The number of nitrogens with zero attached hydrogens (tertiary/aromatic N) is 1. The van der Waals surface area contributed by atoms with E-state index in [1.807, 2.05) is 12.3 Å². The van der Waals surface area contributed by atoms with Gasteiger partial charge in [0.1, 0.15) is 5.75 Å². The van der Waals surface area contributed by atoms with Crippen LogP contribution in [0.4, 0.5) is 0 Å². The lowest BCUT2D eigenvalue weighted by molar-refractivity contribution is 0.413. The minimum atomic E-state index is 0.585. The molecule has 0 radical (unpaired) electrons. The van der Waals surface area contributed by atoms with E-state index in [1.165, 1.54) is 4.88 Å². The highest BCUT2D eigenvalue weighted by atomic mass is 32.1. The van der Waals surface area contributed by atoms with Gasteiger partial charge in [-0.25, -0.2) is 0 Å². The topological polar surface area (TPSA) is 48.1 Å². The molecule has 0 aromatic carbocycles. The Morgan fingerprint density at radius 3 is 2.87 bits per heavy atom. The lowest BCUT2D eigenvalue weighted by Crippen LogP contribution is -1.91. The monoisotopic (exact) mass is 220 g/mol. The number of thiophene rings is 1. The van der Waals surface area contributed by atoms with E-state index in [4.69, 9.17) is 10.5 Å². The number of hydrogen-bond donors (Lipinski definition) is 1. The normalized spacial score (nSPS) is 10.3. The Kier molecular flexibility index (Phi) is 2.99. The summed E-state index contributed by atoms with van der Waals surface area (Å²) in [6, 6.07) is 4.05. The van der Waals surface area contributed by atoms with Crippen molar-refractivity contribution in [2.45, 2.75) is 6.54 Å². The first-order valence-electron chi connectivity index (χ1n) is 4.60. The molecule has 0 aliphatic heterocycles. The quantitative estimate of drug-likeness (QED) is 0.863. The van der Waals surface area contributed by atoms with Crippen LogP contribution in [-0.4, -0.2) is 12.1 Å². The molecule has 4 heteroatoms. The lowest BCUT2D eigenvalue weighted by atomic mass is 10.1. The van der Waals surface area contributed by atoms with E-state index in [9.17, 15) is 0 Å². The predicted molar refractivity (Wildman–Crippen MR) is 62.0 cm³/mol. The molecule has 2 heterocycles. The van der Waals surface area contributed by atoms with E-state index in [-0.39, 0.29) is 0 Å². The second-order valence-corrected chi connectivity index (χ2v) is 4.12. The van der Waals surface area contributed by atoms with Gasteiger partial charge in [0.15, 0.2) is 0 Å². The molecular formula is C11H12N2OS. The van der Waals surface area contributed by atoms with Gasteiger partial charge in [0.2, 0.25) is 0 Å². The molecule has 2 aromatic rings. The van der Waals surface area contributed by atoms with E-state index in [2.05, 4.69) is 16.4 Å². The number of aromatic nitrogens is 1. The molecule has 0 amide bonds. The summed E-state index contributed by atoms with van der Waals surface area (Å²) in [7, 11) is 1.64. The molecule has 0 fully saturated rings. The summed E-state index contributed by atoms with van der Waals surface area (Å²) in [6.45, 7) is 0.585. The summed E-state index contributed by atoms with van der Waals surface area (Å²) in [5.41, 5.74) is 7.77. The van der Waals surface area contributed by atoms with Gasteiger partial charge in [-0.3, -0.25) is 4.98 Å². The van der Waals surface area contributed by atoms with Gasteiger partial charge >= 0.3 is 0 Å². The van der Waals surface area contributed by atoms with Crippen molar-refractivity contribution in [3.8, 4) is 16.9 Å². The molecule has 0 saturated carbocycles. The Balaban J connectivity index is 2.35. The van der Waals surface area contributed by atoms with Crippen molar-refractivity contribution in [3.63, 3.8) is 0 Å². The summed E-state index contributed by atoms with van der Waals surface area (Å²) in [5.74, 6) is 0.771. The van der Waals surface area contributed by atoms with Crippen LogP contribution in [0.25, 0.3) is 11.1 Å². The first-order valence-corrected chi connectivity index (χ1v) is 5.48. The van der Waals surface area contributed by atoms with E-state index < -0.39 is 0 Å². The maximum Gasteiger partial charge on any atom is 0.137 e. The molecule has 2 rings (SSSR count). The SMILES string of the molecule is COc1cncc(-c2csc(CN)c2)c1. The van der Waals surface area contributed by atoms with Crippen molar-refractivity contribution in [1.82, 2.24) is 4.98 Å². The number of methoxy groups -OCH3 is 1. The van der Waals surface area contributed by atoms with Gasteiger partial charge in [0, 0.05) is 23.2 Å². The average molecular weight is 220 g/mol. The average Bonchev–Trinajstić information content (AvgIpc) is 2.78. The van der Waals surface area contributed by atoms with Crippen LogP contribution in [0.2, 0.25) is 0 Å². The first-order chi connectivity index (χ1) is 7.33. The number of hydrogen-bond acceptors (Lipinski definition) is 4. The fraction of sp³-hybridized carbons (Fsp3) is 0.182. The van der Waals surface area contributed by atoms with Crippen molar-refractivity contribution < 1.29 is 4.74 Å². The molecule has 2 aromatic heterocycles. The standard InChI is InChI=1S/C11H12N2OS/c1-14-10-2-8(5-13-6-10)9-3-11(4-12)15-7-9/h2-3,5-7H,4,12H2,1H3. The van der Waals surface area contributed by atoms with E-state index in [0.717, 1.165) is 16.9 Å². The second-order valence-electron chi connectivity index (χ2n) is 3.12. The van der Waals surface area contributed by atoms with Gasteiger partial charge in [-0.05, 0) is 23.1 Å². The Morgan fingerprint density at radius 1 is 1.33 bits per heavy atom. The minimum absolute atomic E-state index is 0.585. The van der Waals surface area contributed by atoms with Crippen molar-refractivity contribution in [2.24, 2.45) is 5.73 Å². The maximum absolute atomic E-state index is 5.57. The molecule has 78 valence electrons. The highest BCUT2D eigenvalue weighted by Crippen LogP contribution is 2.26. The molecular weight excluding hydrogens is 208 g/mol. The molecule has 0 spiro atoms. The van der Waals surface area contributed by atoms with Crippen LogP contribution in [0, 0.1) is 0 Å². The third kappa shape index (κ3) is 2.16. The highest BCUT2D eigenvalue weighted by Gasteiger charge is 2.03. The smallest absolute Gasteiger partial charge is 0.137 e. The zero-order chi connectivity index (χ0) is 10.7. The molecule has 2 N–H and O–H groups in total. The van der Waals surface area contributed by atoms with Gasteiger partial charge in [-0.1, -0.05) is 0 Å². The zero-order valence-electron chi connectivity index (χ0n) is 8.43. The minimum Gasteiger partial charge on any atom is -0.495 e. The molecule has 0 aliphatic carbocycles. The van der Waals surface area contributed by atoms with Gasteiger partial charge in [0.05, 0.1) is 13.3 Å². The molecule has 0 atom stereocenters. The molecule has 15 heavy (non-hydrogen) atoms. The second kappa shape index (κ2) is 4.42. The van der Waals surface area contributed by atoms with Crippen LogP contribution in [0.15, 0.2) is 29.9 Å². The summed E-state index contributed by atoms with van der Waals surface area (Å²) in [5, 5.41) is 2.08. The van der Waals surface area contributed by atoms with Crippen molar-refractivity contribution in [2.75, 3.05) is 7.11 Å². The van der Waals surface area contributed by atoms with Crippen LogP contribution >= 0.6 is 11.3 Å². The summed E-state index contributed by atoms with van der Waals surface area (Å²) in [6.07, 6.45) is 3.52. The summed E-state index contributed by atoms with van der Waals surface area (Å²) >= 11 is 1.66. The largest absolute Gasteiger partial charge is 0.495 e. The summed E-state index contributed by atoms with van der Waals surface area (Å²) in [4.78, 5) is 5.29. The number of pyridine rings is 1. The molecule has 3 nitrogen and oxygen atoms in total. The fourth-order valence-electron chi connectivity index (χ4n) is 1.33. The van der Waals surface area contributed by atoms with Crippen LogP contribution in [0.5, 0.6) is 5.75 Å². The molecule has 0 aliphatic rings. The first kappa shape index (κ1) is 10.1. The van der Waals surface area contributed by atoms with Crippen molar-refractivity contribution in [1.29, 1.82) is 0 Å². The van der Waals surface area contributed by atoms with Gasteiger partial charge < -0.3 is 10.5 Å². The Hall–Kier alpha value is -1.39. The van der Waals surface area contributed by atoms with Gasteiger partial charge in [-0.2, -0.15) is 0 Å². The van der Waals surface area contributed by atoms with Gasteiger partial charge in [0.25, 0.3) is 0 Å². The molecule has 0 saturated heterocycles. The van der Waals surface area contributed by atoms with Crippen LogP contribution in [-0.2, 0) is 6.54 Å². The van der Waals surface area contributed by atoms with Crippen molar-refractivity contribution >= 4 is 11.3 Å². The number of ether oxygens (including phenoxy) is 1. The molecule has 0 bridgehead atoms. The predicted octanol–water partition coefficient (Wildman–Crippen LogP) is 2.28. The van der Waals surface area contributed by atoms with Gasteiger partial charge in [-0.15, -0.1) is 11.3 Å². The summed E-state index contributed by atoms with van der Waals surface area (Å²) < 4.78 is 5.13. The van der Waals surface area contributed by atoms with Crippen LogP contribution in [0.1, 0.15) is 4.88 Å². The molecule has 0 unspecified atom stereocenters. The van der Waals surface area contributed by atoms with Crippen LogP contribution in [0.3, 0.4) is 0 Å². The lowest BCUT2D eigenvalue weighted by Gasteiger charge is -2.01. The van der Waals surface area contributed by atoms with Crippen LogP contribution < -0.4 is 10.5 Å². The number of nitrogens with two attached hydrogens (primary N) is 1. The Morgan fingerprint density at radius 2 is 2.20 bits per heavy atom. The fourth-order valence-corrected chi connectivity index (χ4v) is 2.10. The Labute approximate surface area is 92.5 Å². The highest BCUT2D eigenvalue weighted by molar-refractivity contribution is 7.10.